The van der Waals surface area contributed by atoms with E-state index in [1.165, 1.54) is 0 Å². The number of halogens is 1. The Morgan fingerprint density at radius 2 is 1.56 bits per heavy atom. The van der Waals surface area contributed by atoms with Gasteiger partial charge >= 0.3 is 5.97 Å². The van der Waals surface area contributed by atoms with E-state index in [2.05, 4.69) is 40.3 Å². The van der Waals surface area contributed by atoms with Gasteiger partial charge in [0, 0.05) is 11.0 Å². The number of hydrogen-bond donors (Lipinski definition) is 1. The Morgan fingerprint density at radius 3 is 2.17 bits per heavy atom. The summed E-state index contributed by atoms with van der Waals surface area (Å²) in [6, 6.07) is 21.1. The summed E-state index contributed by atoms with van der Waals surface area (Å²) in [5.74, 6) is 0.129. The summed E-state index contributed by atoms with van der Waals surface area (Å²) >= 11 is 3.44. The van der Waals surface area contributed by atoms with E-state index < -0.39 is 5.60 Å². The zero-order chi connectivity index (χ0) is 26.1. The molecule has 3 aromatic rings. The predicted molar refractivity (Wildman–Crippen MR) is 148 cm³/mol. The monoisotopic (exact) mass is 551 g/mol. The van der Waals surface area contributed by atoms with Crippen LogP contribution in [0.5, 0.6) is 5.75 Å². The lowest BCUT2D eigenvalue weighted by molar-refractivity contribution is 0.00694. The number of hydrogen-bond acceptors (Lipinski definition) is 4. The molecule has 0 saturated heterocycles. The first-order valence-electron chi connectivity index (χ1n) is 12.3. The Morgan fingerprint density at radius 1 is 0.917 bits per heavy atom. The smallest absolute Gasteiger partial charge is 0.338 e. The maximum Gasteiger partial charge on any atom is 0.338 e. The van der Waals surface area contributed by atoms with Crippen molar-refractivity contribution >= 4 is 27.8 Å². The number of amides is 1. The normalized spacial score (nSPS) is 11.1. The Kier molecular flexibility index (Phi) is 9.71. The van der Waals surface area contributed by atoms with E-state index in [0.717, 1.165) is 34.0 Å². The first kappa shape index (κ1) is 27.5. The molecular formula is C30H34BrNO4. The standard InChI is InChI=1S/C30H34BrNO4/c1-5-6-19-35-27-16-15-25(31)20-26(27)28(33)32-18-17-21-7-9-22(10-8-21)23-11-13-24(14-12-23)29(34)36-30(2,3)4/h7-16,20H,5-6,17-19H2,1-4H3,(H,32,33). The van der Waals surface area contributed by atoms with Gasteiger partial charge < -0.3 is 14.8 Å². The van der Waals surface area contributed by atoms with Gasteiger partial charge in [-0.3, -0.25) is 4.79 Å². The number of benzene rings is 3. The minimum Gasteiger partial charge on any atom is -0.493 e. The fourth-order valence-corrected chi connectivity index (χ4v) is 3.91. The van der Waals surface area contributed by atoms with Crippen molar-refractivity contribution in [3.8, 4) is 16.9 Å². The summed E-state index contributed by atoms with van der Waals surface area (Å²) < 4.78 is 12.1. The van der Waals surface area contributed by atoms with Crippen molar-refractivity contribution in [3.63, 3.8) is 0 Å². The zero-order valence-electron chi connectivity index (χ0n) is 21.4. The molecule has 3 aromatic carbocycles. The quantitative estimate of drug-likeness (QED) is 0.213. The molecule has 0 aromatic heterocycles. The highest BCUT2D eigenvalue weighted by Gasteiger charge is 2.18. The van der Waals surface area contributed by atoms with Crippen LogP contribution in [0.3, 0.4) is 0 Å². The molecule has 0 saturated carbocycles. The molecular weight excluding hydrogens is 518 g/mol. The average Bonchev–Trinajstić information content (AvgIpc) is 2.84. The first-order valence-corrected chi connectivity index (χ1v) is 13.1. The molecule has 36 heavy (non-hydrogen) atoms. The molecule has 0 radical (unpaired) electrons. The number of ether oxygens (including phenoxy) is 2. The third kappa shape index (κ3) is 8.23. The fraction of sp³-hybridized carbons (Fsp3) is 0.333. The molecule has 1 amide bonds. The van der Waals surface area contributed by atoms with E-state index in [-0.39, 0.29) is 11.9 Å². The Hall–Kier alpha value is -3.12. The van der Waals surface area contributed by atoms with Crippen LogP contribution in [-0.4, -0.2) is 30.6 Å². The lowest BCUT2D eigenvalue weighted by Gasteiger charge is -2.19. The average molecular weight is 553 g/mol. The first-order chi connectivity index (χ1) is 17.2. The molecule has 5 nitrogen and oxygen atoms in total. The topological polar surface area (TPSA) is 64.6 Å². The molecule has 0 aliphatic carbocycles. The fourth-order valence-electron chi connectivity index (χ4n) is 3.55. The predicted octanol–water partition coefficient (Wildman–Crippen LogP) is 7.22. The zero-order valence-corrected chi connectivity index (χ0v) is 23.0. The van der Waals surface area contributed by atoms with Crippen LogP contribution in [-0.2, 0) is 11.2 Å². The van der Waals surface area contributed by atoms with Crippen molar-refractivity contribution in [2.75, 3.05) is 13.2 Å². The van der Waals surface area contributed by atoms with Gasteiger partial charge in [-0.1, -0.05) is 65.7 Å². The third-order valence-electron chi connectivity index (χ3n) is 5.45. The van der Waals surface area contributed by atoms with Crippen LogP contribution in [0.4, 0.5) is 0 Å². The van der Waals surface area contributed by atoms with Gasteiger partial charge in [0.2, 0.25) is 0 Å². The van der Waals surface area contributed by atoms with Crippen LogP contribution < -0.4 is 10.1 Å². The maximum atomic E-state index is 12.8. The summed E-state index contributed by atoms with van der Waals surface area (Å²) in [5, 5.41) is 3.00. The second-order valence-corrected chi connectivity index (χ2v) is 10.5. The third-order valence-corrected chi connectivity index (χ3v) is 5.94. The second-order valence-electron chi connectivity index (χ2n) is 9.62. The molecule has 0 fully saturated rings. The highest BCUT2D eigenvalue weighted by Crippen LogP contribution is 2.24. The van der Waals surface area contributed by atoms with E-state index in [1.807, 2.05) is 57.2 Å². The maximum absolute atomic E-state index is 12.8. The Balaban J connectivity index is 1.55. The van der Waals surface area contributed by atoms with Gasteiger partial charge in [-0.25, -0.2) is 4.79 Å². The highest BCUT2D eigenvalue weighted by atomic mass is 79.9. The molecule has 0 aliphatic heterocycles. The van der Waals surface area contributed by atoms with Gasteiger partial charge in [-0.05, 0) is 80.6 Å². The van der Waals surface area contributed by atoms with Gasteiger partial charge in [0.05, 0.1) is 17.7 Å². The van der Waals surface area contributed by atoms with E-state index >= 15 is 0 Å². The van der Waals surface area contributed by atoms with E-state index in [9.17, 15) is 9.59 Å². The number of carbonyl (C=O) groups excluding carboxylic acids is 2. The van der Waals surface area contributed by atoms with Crippen LogP contribution in [0, 0.1) is 0 Å². The lowest BCUT2D eigenvalue weighted by Crippen LogP contribution is -2.26. The highest BCUT2D eigenvalue weighted by molar-refractivity contribution is 9.10. The number of carbonyl (C=O) groups is 2. The second kappa shape index (κ2) is 12.7. The number of esters is 1. The van der Waals surface area contributed by atoms with Gasteiger partial charge in [0.25, 0.3) is 5.91 Å². The molecule has 0 bridgehead atoms. The number of nitrogens with one attached hydrogen (secondary N) is 1. The molecule has 3 rings (SSSR count). The molecule has 1 N–H and O–H groups in total. The Labute approximate surface area is 222 Å². The molecule has 0 heterocycles. The Bertz CT molecular complexity index is 1170. The van der Waals surface area contributed by atoms with E-state index in [4.69, 9.17) is 9.47 Å². The van der Waals surface area contributed by atoms with Gasteiger partial charge in [-0.15, -0.1) is 0 Å². The van der Waals surface area contributed by atoms with Crippen LogP contribution in [0.15, 0.2) is 71.2 Å². The summed E-state index contributed by atoms with van der Waals surface area (Å²) in [4.78, 5) is 25.0. The van der Waals surface area contributed by atoms with Gasteiger partial charge in [0.15, 0.2) is 0 Å². The van der Waals surface area contributed by atoms with Crippen LogP contribution in [0.25, 0.3) is 11.1 Å². The van der Waals surface area contributed by atoms with Crippen molar-refractivity contribution < 1.29 is 19.1 Å². The van der Waals surface area contributed by atoms with E-state index in [1.54, 1.807) is 18.2 Å². The number of rotatable bonds is 10. The SMILES string of the molecule is CCCCOc1ccc(Br)cc1C(=O)NCCc1ccc(-c2ccc(C(=O)OC(C)(C)C)cc2)cc1. The molecule has 0 spiro atoms. The molecule has 190 valence electrons. The van der Waals surface area contributed by atoms with Crippen molar-refractivity contribution in [2.24, 2.45) is 0 Å². The van der Waals surface area contributed by atoms with Crippen molar-refractivity contribution in [1.29, 1.82) is 0 Å². The van der Waals surface area contributed by atoms with Crippen molar-refractivity contribution in [2.45, 2.75) is 52.6 Å². The van der Waals surface area contributed by atoms with Crippen LogP contribution in [0.1, 0.15) is 66.8 Å². The summed E-state index contributed by atoms with van der Waals surface area (Å²) in [7, 11) is 0. The summed E-state index contributed by atoms with van der Waals surface area (Å²) in [5.41, 5.74) is 3.75. The number of unbranched alkanes of at least 4 members (excludes halogenated alkanes) is 1. The largest absolute Gasteiger partial charge is 0.493 e. The minimum absolute atomic E-state index is 0.149. The van der Waals surface area contributed by atoms with Crippen molar-refractivity contribution in [3.05, 3.63) is 87.9 Å². The van der Waals surface area contributed by atoms with Crippen LogP contribution >= 0.6 is 15.9 Å². The van der Waals surface area contributed by atoms with E-state index in [0.29, 0.717) is 36.4 Å². The minimum atomic E-state index is -0.520. The molecule has 0 unspecified atom stereocenters. The molecule has 0 atom stereocenters. The summed E-state index contributed by atoms with van der Waals surface area (Å²) in [6.07, 6.45) is 2.69. The molecule has 0 aliphatic rings. The van der Waals surface area contributed by atoms with Gasteiger partial charge in [0.1, 0.15) is 11.4 Å². The van der Waals surface area contributed by atoms with Crippen molar-refractivity contribution in [1.82, 2.24) is 5.32 Å². The lowest BCUT2D eigenvalue weighted by atomic mass is 10.0. The molecule has 6 heteroatoms. The van der Waals surface area contributed by atoms with Crippen LogP contribution in [0.2, 0.25) is 0 Å². The van der Waals surface area contributed by atoms with Gasteiger partial charge in [-0.2, -0.15) is 0 Å². The summed E-state index contributed by atoms with van der Waals surface area (Å²) in [6.45, 7) is 8.78.